The lowest BCUT2D eigenvalue weighted by molar-refractivity contribution is -0.387. The molecule has 2 aromatic rings. The number of aliphatic carboxylic acids is 1. The van der Waals surface area contributed by atoms with Crippen LogP contribution in [0, 0.1) is 16.0 Å². The normalized spacial score (nSPS) is 26.9. The van der Waals surface area contributed by atoms with E-state index < -0.39 is 28.2 Å². The number of fused-ring (bicyclic) bond motifs is 3. The summed E-state index contributed by atoms with van der Waals surface area (Å²) in [6.07, 6.45) is 0.458. The molecule has 0 spiro atoms. The Morgan fingerprint density at radius 3 is 2.63 bits per heavy atom. The molecule has 0 unspecified atom stereocenters. The van der Waals surface area contributed by atoms with Crippen molar-refractivity contribution in [1.82, 2.24) is 0 Å². The average molecular weight is 448 g/mol. The van der Waals surface area contributed by atoms with Gasteiger partial charge in [0.05, 0.1) is 26.4 Å². The van der Waals surface area contributed by atoms with Gasteiger partial charge in [-0.15, -0.1) is 23.4 Å². The highest BCUT2D eigenvalue weighted by molar-refractivity contribution is 8.00. The number of hydrogen-bond acceptors (Lipinski definition) is 6. The van der Waals surface area contributed by atoms with Crippen molar-refractivity contribution in [3.63, 3.8) is 0 Å². The van der Waals surface area contributed by atoms with Crippen LogP contribution in [-0.2, 0) is 4.79 Å². The second-order valence-corrected chi connectivity index (χ2v) is 9.13. The van der Waals surface area contributed by atoms with Gasteiger partial charge >= 0.3 is 5.97 Å². The van der Waals surface area contributed by atoms with Crippen LogP contribution < -0.4 is 11.1 Å². The number of carboxylic acids is 1. The molecular formula is C20H18ClN3O5S. The standard InChI is InChI=1S/C20H18ClN3O5S/c21-16-14(30-13-7-2-1-6-12(13)24(28)29)8-11-15(16)9-4-3-5-10(19(22)25)17(9)23-18(11)20(26)27/h1-7,11,14-16,18,23H,8H2,(H2,22,25)(H,26,27)/t11-,14+,15+,16+,18+/m1/s1. The molecule has 4 rings (SSSR count). The summed E-state index contributed by atoms with van der Waals surface area (Å²) in [7, 11) is 0. The number of thioether (sulfide) groups is 1. The molecule has 10 heteroatoms. The largest absolute Gasteiger partial charge is 0.480 e. The Morgan fingerprint density at radius 1 is 1.23 bits per heavy atom. The molecule has 1 fully saturated rings. The summed E-state index contributed by atoms with van der Waals surface area (Å²) < 4.78 is 0. The molecule has 1 aliphatic carbocycles. The van der Waals surface area contributed by atoms with Gasteiger partial charge in [0.15, 0.2) is 0 Å². The maximum atomic E-state index is 12.0. The Labute approximate surface area is 180 Å². The molecule has 4 N–H and O–H groups in total. The van der Waals surface area contributed by atoms with Crippen molar-refractivity contribution in [3.8, 4) is 0 Å². The van der Waals surface area contributed by atoms with Crippen LogP contribution in [0.15, 0.2) is 47.4 Å². The van der Waals surface area contributed by atoms with Crippen LogP contribution in [0.1, 0.15) is 28.3 Å². The van der Waals surface area contributed by atoms with Gasteiger partial charge in [0.1, 0.15) is 6.04 Å². The van der Waals surface area contributed by atoms with Crippen molar-refractivity contribution in [2.45, 2.75) is 33.9 Å². The predicted molar refractivity (Wildman–Crippen MR) is 113 cm³/mol. The maximum absolute atomic E-state index is 12.0. The highest BCUT2D eigenvalue weighted by atomic mass is 35.5. The van der Waals surface area contributed by atoms with E-state index in [0.717, 1.165) is 5.56 Å². The lowest BCUT2D eigenvalue weighted by Crippen LogP contribution is -2.43. The lowest BCUT2D eigenvalue weighted by atomic mass is 9.78. The van der Waals surface area contributed by atoms with Crippen molar-refractivity contribution in [2.75, 3.05) is 5.32 Å². The van der Waals surface area contributed by atoms with Crippen LogP contribution in [0.25, 0.3) is 0 Å². The number of carboxylic acid groups (broad SMARTS) is 1. The van der Waals surface area contributed by atoms with Gasteiger partial charge in [-0.1, -0.05) is 24.3 Å². The molecule has 1 saturated carbocycles. The smallest absolute Gasteiger partial charge is 0.326 e. The quantitative estimate of drug-likeness (QED) is 0.363. The first-order valence-corrected chi connectivity index (χ1v) is 10.6. The number of amides is 1. The van der Waals surface area contributed by atoms with E-state index in [1.807, 2.05) is 6.07 Å². The third-order valence-corrected chi connectivity index (χ3v) is 7.83. The monoisotopic (exact) mass is 447 g/mol. The number of para-hydroxylation sites is 2. The molecule has 30 heavy (non-hydrogen) atoms. The molecule has 2 aromatic carbocycles. The molecule has 5 atom stereocenters. The molecule has 0 aromatic heterocycles. The number of nitro benzene ring substituents is 1. The van der Waals surface area contributed by atoms with Gasteiger partial charge in [-0.05, 0) is 30.0 Å². The number of hydrogen-bond donors (Lipinski definition) is 3. The van der Waals surface area contributed by atoms with Gasteiger partial charge in [-0.3, -0.25) is 14.9 Å². The highest BCUT2D eigenvalue weighted by Gasteiger charge is 2.52. The number of anilines is 1. The molecule has 8 nitrogen and oxygen atoms in total. The number of rotatable bonds is 5. The zero-order valence-corrected chi connectivity index (χ0v) is 17.1. The Hall–Kier alpha value is -2.78. The predicted octanol–water partition coefficient (Wildman–Crippen LogP) is 3.44. The van der Waals surface area contributed by atoms with Crippen molar-refractivity contribution in [1.29, 1.82) is 0 Å². The number of nitro groups is 1. The SMILES string of the molecule is NC(=O)c1cccc2c1N[C@H](C(=O)O)[C@@H]1C[C@H](Sc3ccccc3[N+](=O)[O-])[C@H](Cl)[C@@H]21. The summed E-state index contributed by atoms with van der Waals surface area (Å²) in [5.74, 6) is -2.36. The number of nitrogens with two attached hydrogens (primary N) is 1. The zero-order valence-electron chi connectivity index (χ0n) is 15.5. The van der Waals surface area contributed by atoms with Gasteiger partial charge in [0.25, 0.3) is 11.6 Å². The van der Waals surface area contributed by atoms with Crippen molar-refractivity contribution in [3.05, 3.63) is 63.7 Å². The molecule has 156 valence electrons. The third-order valence-electron chi connectivity index (χ3n) is 5.72. The summed E-state index contributed by atoms with van der Waals surface area (Å²) in [5.41, 5.74) is 6.84. The van der Waals surface area contributed by atoms with Crippen LogP contribution in [0.2, 0.25) is 0 Å². The number of halogens is 1. The van der Waals surface area contributed by atoms with Crippen LogP contribution in [0.3, 0.4) is 0 Å². The second-order valence-electron chi connectivity index (χ2n) is 7.35. The molecule has 0 saturated heterocycles. The van der Waals surface area contributed by atoms with E-state index >= 15 is 0 Å². The second kappa shape index (κ2) is 7.81. The molecular weight excluding hydrogens is 430 g/mol. The van der Waals surface area contributed by atoms with Gasteiger partial charge in [-0.25, -0.2) is 4.79 Å². The number of primary amides is 1. The lowest BCUT2D eigenvalue weighted by Gasteiger charge is -2.36. The van der Waals surface area contributed by atoms with E-state index in [4.69, 9.17) is 17.3 Å². The van der Waals surface area contributed by atoms with E-state index in [1.54, 1.807) is 30.3 Å². The van der Waals surface area contributed by atoms with Gasteiger partial charge in [-0.2, -0.15) is 0 Å². The van der Waals surface area contributed by atoms with Gasteiger partial charge < -0.3 is 16.2 Å². The van der Waals surface area contributed by atoms with E-state index in [-0.39, 0.29) is 28.3 Å². The van der Waals surface area contributed by atoms with E-state index in [1.165, 1.54) is 17.8 Å². The van der Waals surface area contributed by atoms with E-state index in [2.05, 4.69) is 5.32 Å². The van der Waals surface area contributed by atoms with Crippen molar-refractivity contribution >= 4 is 46.6 Å². The van der Waals surface area contributed by atoms with Crippen molar-refractivity contribution in [2.24, 2.45) is 11.7 Å². The summed E-state index contributed by atoms with van der Waals surface area (Å²) in [6, 6.07) is 10.5. The Kier molecular flexibility index (Phi) is 5.33. The number of benzene rings is 2. The fourth-order valence-electron chi connectivity index (χ4n) is 4.46. The maximum Gasteiger partial charge on any atom is 0.326 e. The first kappa shape index (κ1) is 20.5. The fraction of sp³-hybridized carbons (Fsp3) is 0.300. The van der Waals surface area contributed by atoms with Crippen LogP contribution in [0.5, 0.6) is 0 Å². The minimum atomic E-state index is -1.05. The molecule has 0 radical (unpaired) electrons. The summed E-state index contributed by atoms with van der Waals surface area (Å²) in [4.78, 5) is 35.3. The van der Waals surface area contributed by atoms with Gasteiger partial charge in [0, 0.05) is 17.2 Å². The minimum absolute atomic E-state index is 0.00874. The summed E-state index contributed by atoms with van der Waals surface area (Å²) in [6.45, 7) is 0. The molecule has 2 aliphatic rings. The highest BCUT2D eigenvalue weighted by Crippen LogP contribution is 2.55. The number of nitrogens with one attached hydrogen (secondary N) is 1. The summed E-state index contributed by atoms with van der Waals surface area (Å²) >= 11 is 8.13. The zero-order chi connectivity index (χ0) is 21.6. The fourth-order valence-corrected chi connectivity index (χ4v) is 6.41. The molecule has 1 aliphatic heterocycles. The number of carbonyl (C=O) groups is 2. The van der Waals surface area contributed by atoms with E-state index in [0.29, 0.717) is 17.0 Å². The number of alkyl halides is 1. The Bertz CT molecular complexity index is 1050. The van der Waals surface area contributed by atoms with E-state index in [9.17, 15) is 24.8 Å². The topological polar surface area (TPSA) is 136 Å². The third kappa shape index (κ3) is 3.37. The van der Waals surface area contributed by atoms with Crippen molar-refractivity contribution < 1.29 is 19.6 Å². The minimum Gasteiger partial charge on any atom is -0.480 e. The average Bonchev–Trinajstić information content (AvgIpc) is 3.03. The number of nitrogens with zero attached hydrogens (tertiary/aromatic N) is 1. The number of carbonyl (C=O) groups excluding carboxylic acids is 1. The molecule has 0 bridgehead atoms. The molecule has 1 amide bonds. The molecule has 1 heterocycles. The first-order valence-electron chi connectivity index (χ1n) is 9.25. The van der Waals surface area contributed by atoms with Crippen LogP contribution in [0.4, 0.5) is 11.4 Å². The van der Waals surface area contributed by atoms with Crippen LogP contribution in [-0.4, -0.2) is 38.6 Å². The summed E-state index contributed by atoms with van der Waals surface area (Å²) in [5, 5.41) is 23.4. The first-order chi connectivity index (χ1) is 14.3. The Balaban J connectivity index is 1.73. The van der Waals surface area contributed by atoms with Gasteiger partial charge in [0.2, 0.25) is 0 Å². The van der Waals surface area contributed by atoms with Crippen LogP contribution >= 0.6 is 23.4 Å². The Morgan fingerprint density at radius 2 is 1.97 bits per heavy atom.